The Balaban J connectivity index is 3.05. The first-order valence-corrected chi connectivity index (χ1v) is 7.22. The van der Waals surface area contributed by atoms with Crippen molar-refractivity contribution >= 4 is 34.8 Å². The summed E-state index contributed by atoms with van der Waals surface area (Å²) >= 11 is 11.9. The summed E-state index contributed by atoms with van der Waals surface area (Å²) in [7, 11) is 1.61. The largest absolute Gasteiger partial charge is 0.397 e. The van der Waals surface area contributed by atoms with Crippen LogP contribution >= 0.6 is 23.2 Å². The van der Waals surface area contributed by atoms with E-state index in [1.54, 1.807) is 24.1 Å². The second kappa shape index (κ2) is 7.72. The van der Waals surface area contributed by atoms with E-state index >= 15 is 0 Å². The molecule has 20 heavy (non-hydrogen) atoms. The molecule has 4 nitrogen and oxygen atoms in total. The molecule has 0 heterocycles. The number of nitrogens with zero attached hydrogens (tertiary/aromatic N) is 1. The van der Waals surface area contributed by atoms with Crippen LogP contribution in [0.1, 0.15) is 30.6 Å². The summed E-state index contributed by atoms with van der Waals surface area (Å²) in [5, 5.41) is 0.557. The molecule has 112 valence electrons. The number of benzene rings is 1. The topological polar surface area (TPSA) is 55.6 Å². The maximum atomic E-state index is 12.6. The Labute approximate surface area is 129 Å². The molecular formula is C14H20Cl2N2O2. The molecular weight excluding hydrogens is 299 g/mol. The Hall–Kier alpha value is -0.970. The van der Waals surface area contributed by atoms with Crippen LogP contribution in [0.3, 0.4) is 0 Å². The Kier molecular flexibility index (Phi) is 6.59. The number of anilines is 1. The molecule has 0 fully saturated rings. The summed E-state index contributed by atoms with van der Waals surface area (Å²) < 4.78 is 5.05. The molecule has 0 saturated heterocycles. The van der Waals surface area contributed by atoms with E-state index in [-0.39, 0.29) is 22.0 Å². The van der Waals surface area contributed by atoms with Crippen molar-refractivity contribution in [1.82, 2.24) is 4.90 Å². The Morgan fingerprint density at radius 3 is 2.60 bits per heavy atom. The van der Waals surface area contributed by atoms with Crippen LogP contribution in [-0.2, 0) is 4.74 Å². The molecule has 1 unspecified atom stereocenters. The Morgan fingerprint density at radius 2 is 2.10 bits per heavy atom. The van der Waals surface area contributed by atoms with Crippen LogP contribution < -0.4 is 5.73 Å². The standard InChI is InChI=1S/C14H20Cl2N2O2/c1-4-9(2)18(5-6-20-3)14(19)10-7-11(15)13(16)12(17)8-10/h7-9H,4-6,17H2,1-3H3. The summed E-state index contributed by atoms with van der Waals surface area (Å²) in [5.74, 6) is -0.123. The van der Waals surface area contributed by atoms with Gasteiger partial charge in [0.25, 0.3) is 5.91 Å². The molecule has 0 aliphatic heterocycles. The number of amides is 1. The van der Waals surface area contributed by atoms with Crippen molar-refractivity contribution in [2.75, 3.05) is 26.0 Å². The van der Waals surface area contributed by atoms with Crippen molar-refractivity contribution in [3.63, 3.8) is 0 Å². The Morgan fingerprint density at radius 1 is 1.45 bits per heavy atom. The summed E-state index contributed by atoms with van der Waals surface area (Å²) in [6, 6.07) is 3.21. The predicted octanol–water partition coefficient (Wildman–Crippen LogP) is 3.46. The molecule has 0 saturated carbocycles. The summed E-state index contributed by atoms with van der Waals surface area (Å²) in [6.07, 6.45) is 0.853. The molecule has 1 aromatic rings. The monoisotopic (exact) mass is 318 g/mol. The minimum atomic E-state index is -0.123. The van der Waals surface area contributed by atoms with Crippen LogP contribution in [-0.4, -0.2) is 37.1 Å². The number of halogens is 2. The maximum absolute atomic E-state index is 12.6. The number of methoxy groups -OCH3 is 1. The van der Waals surface area contributed by atoms with Crippen molar-refractivity contribution in [2.24, 2.45) is 0 Å². The fourth-order valence-corrected chi connectivity index (χ4v) is 2.17. The lowest BCUT2D eigenvalue weighted by Gasteiger charge is -2.28. The van der Waals surface area contributed by atoms with Crippen molar-refractivity contribution in [3.05, 3.63) is 27.7 Å². The molecule has 0 bridgehead atoms. The lowest BCUT2D eigenvalue weighted by molar-refractivity contribution is 0.0614. The van der Waals surface area contributed by atoms with Crippen LogP contribution in [0.4, 0.5) is 5.69 Å². The van der Waals surface area contributed by atoms with E-state index in [4.69, 9.17) is 33.7 Å². The lowest BCUT2D eigenvalue weighted by atomic mass is 10.1. The number of carbonyl (C=O) groups excluding carboxylic acids is 1. The number of hydrogen-bond acceptors (Lipinski definition) is 3. The molecule has 0 aromatic heterocycles. The first kappa shape index (κ1) is 17.1. The van der Waals surface area contributed by atoms with E-state index in [1.165, 1.54) is 0 Å². The molecule has 0 aliphatic carbocycles. The van der Waals surface area contributed by atoms with Crippen molar-refractivity contribution in [3.8, 4) is 0 Å². The SMILES string of the molecule is CCC(C)N(CCOC)C(=O)c1cc(N)c(Cl)c(Cl)c1. The summed E-state index contributed by atoms with van der Waals surface area (Å²) in [4.78, 5) is 14.3. The van der Waals surface area contributed by atoms with Crippen LogP contribution in [0, 0.1) is 0 Å². The van der Waals surface area contributed by atoms with Gasteiger partial charge in [-0.2, -0.15) is 0 Å². The quantitative estimate of drug-likeness (QED) is 0.817. The average molecular weight is 319 g/mol. The van der Waals surface area contributed by atoms with E-state index in [0.717, 1.165) is 6.42 Å². The third kappa shape index (κ3) is 4.01. The Bertz CT molecular complexity index is 457. The molecule has 1 aromatic carbocycles. The van der Waals surface area contributed by atoms with Gasteiger partial charge in [0.15, 0.2) is 0 Å². The van der Waals surface area contributed by atoms with Crippen molar-refractivity contribution in [2.45, 2.75) is 26.3 Å². The van der Waals surface area contributed by atoms with E-state index in [1.807, 2.05) is 13.8 Å². The van der Waals surface area contributed by atoms with Gasteiger partial charge in [-0.1, -0.05) is 30.1 Å². The van der Waals surface area contributed by atoms with Gasteiger partial charge in [0.2, 0.25) is 0 Å². The van der Waals surface area contributed by atoms with Gasteiger partial charge >= 0.3 is 0 Å². The highest BCUT2D eigenvalue weighted by molar-refractivity contribution is 6.43. The zero-order valence-corrected chi connectivity index (χ0v) is 13.5. The average Bonchev–Trinajstić information content (AvgIpc) is 2.43. The number of rotatable bonds is 6. The first-order chi connectivity index (χ1) is 9.42. The summed E-state index contributed by atoms with van der Waals surface area (Å²) in [5.41, 5.74) is 6.50. The van der Waals surface area contributed by atoms with Gasteiger partial charge in [0.1, 0.15) is 0 Å². The molecule has 0 spiro atoms. The third-order valence-corrected chi connectivity index (χ3v) is 4.04. The van der Waals surface area contributed by atoms with E-state index in [9.17, 15) is 4.79 Å². The summed E-state index contributed by atoms with van der Waals surface area (Å²) in [6.45, 7) is 5.02. The van der Waals surface area contributed by atoms with E-state index in [2.05, 4.69) is 0 Å². The first-order valence-electron chi connectivity index (χ1n) is 6.46. The number of ether oxygens (including phenoxy) is 1. The van der Waals surface area contributed by atoms with E-state index < -0.39 is 0 Å². The van der Waals surface area contributed by atoms with Gasteiger partial charge in [-0.15, -0.1) is 0 Å². The highest BCUT2D eigenvalue weighted by atomic mass is 35.5. The minimum Gasteiger partial charge on any atom is -0.397 e. The van der Waals surface area contributed by atoms with Gasteiger partial charge < -0.3 is 15.4 Å². The minimum absolute atomic E-state index is 0.105. The number of nitrogen functional groups attached to an aromatic ring is 1. The molecule has 1 atom stereocenters. The molecule has 6 heteroatoms. The van der Waals surface area contributed by atoms with Gasteiger partial charge in [0.05, 0.1) is 22.3 Å². The maximum Gasteiger partial charge on any atom is 0.254 e. The number of nitrogens with two attached hydrogens (primary N) is 1. The normalized spacial score (nSPS) is 12.2. The van der Waals surface area contributed by atoms with Gasteiger partial charge in [-0.05, 0) is 25.5 Å². The van der Waals surface area contributed by atoms with Gasteiger partial charge in [0, 0.05) is 25.3 Å². The molecule has 0 radical (unpaired) electrons. The van der Waals surface area contributed by atoms with Crippen LogP contribution in [0.5, 0.6) is 0 Å². The second-order valence-corrected chi connectivity index (χ2v) is 5.40. The number of hydrogen-bond donors (Lipinski definition) is 1. The fourth-order valence-electron chi connectivity index (χ4n) is 1.83. The molecule has 1 amide bonds. The highest BCUT2D eigenvalue weighted by Crippen LogP contribution is 2.30. The van der Waals surface area contributed by atoms with Crippen molar-refractivity contribution in [1.29, 1.82) is 0 Å². The zero-order chi connectivity index (χ0) is 15.3. The zero-order valence-electron chi connectivity index (χ0n) is 12.0. The molecule has 1 rings (SSSR count). The van der Waals surface area contributed by atoms with Crippen LogP contribution in [0.25, 0.3) is 0 Å². The number of carbonyl (C=O) groups is 1. The second-order valence-electron chi connectivity index (χ2n) is 4.61. The van der Waals surface area contributed by atoms with Crippen LogP contribution in [0.2, 0.25) is 10.0 Å². The van der Waals surface area contributed by atoms with E-state index in [0.29, 0.717) is 24.4 Å². The van der Waals surface area contributed by atoms with Crippen molar-refractivity contribution < 1.29 is 9.53 Å². The van der Waals surface area contributed by atoms with Gasteiger partial charge in [-0.25, -0.2) is 0 Å². The van der Waals surface area contributed by atoms with Gasteiger partial charge in [-0.3, -0.25) is 4.79 Å². The molecule has 0 aliphatic rings. The highest BCUT2D eigenvalue weighted by Gasteiger charge is 2.21. The lowest BCUT2D eigenvalue weighted by Crippen LogP contribution is -2.40. The predicted molar refractivity (Wildman–Crippen MR) is 83.5 cm³/mol. The third-order valence-electron chi connectivity index (χ3n) is 3.22. The smallest absolute Gasteiger partial charge is 0.254 e. The molecule has 2 N–H and O–H groups in total. The van der Waals surface area contributed by atoms with Crippen LogP contribution in [0.15, 0.2) is 12.1 Å². The fraction of sp³-hybridized carbons (Fsp3) is 0.500.